The Morgan fingerprint density at radius 3 is 2.55 bits per heavy atom. The van der Waals surface area contributed by atoms with Crippen molar-refractivity contribution in [1.29, 1.82) is 0 Å². The lowest BCUT2D eigenvalue weighted by Gasteiger charge is -2.30. The third-order valence-electron chi connectivity index (χ3n) is 10.3. The molecule has 2 N–H and O–H groups in total. The molecule has 11 nitrogen and oxygen atoms in total. The minimum absolute atomic E-state index is 0.0288. The van der Waals surface area contributed by atoms with Gasteiger partial charge in [-0.05, 0) is 87.3 Å². The van der Waals surface area contributed by atoms with Crippen LogP contribution in [0.3, 0.4) is 0 Å². The minimum atomic E-state index is -0.660. The highest BCUT2D eigenvalue weighted by molar-refractivity contribution is 5.92. The number of imidazole rings is 1. The van der Waals surface area contributed by atoms with Crippen molar-refractivity contribution in [2.45, 2.75) is 90.0 Å². The molecule has 5 aromatic rings. The number of amides is 1. The highest BCUT2D eigenvalue weighted by Crippen LogP contribution is 2.29. The molecular weight excluding hydrogens is 649 g/mol. The molecule has 1 aliphatic carbocycles. The summed E-state index contributed by atoms with van der Waals surface area (Å²) in [6, 6.07) is 16.5. The summed E-state index contributed by atoms with van der Waals surface area (Å²) in [4.78, 5) is 52.2. The van der Waals surface area contributed by atoms with Crippen LogP contribution in [0.25, 0.3) is 27.8 Å². The molecule has 2 aromatic carbocycles. The van der Waals surface area contributed by atoms with Gasteiger partial charge < -0.3 is 15.0 Å². The number of rotatable bonds is 10. The average molecular weight is 694 g/mol. The van der Waals surface area contributed by atoms with Crippen molar-refractivity contribution < 1.29 is 14.3 Å². The number of carbonyl (C=O) groups excluding carboxylic acids is 1. The van der Waals surface area contributed by atoms with Crippen LogP contribution in [0, 0.1) is 5.82 Å². The molecule has 0 bridgehead atoms. The van der Waals surface area contributed by atoms with Gasteiger partial charge in [-0.15, -0.1) is 0 Å². The molecule has 1 amide bonds. The lowest BCUT2D eigenvalue weighted by Crippen LogP contribution is -2.45. The third kappa shape index (κ3) is 7.15. The number of halogens is 1. The molecule has 0 radical (unpaired) electrons. The van der Waals surface area contributed by atoms with E-state index in [9.17, 15) is 23.9 Å². The molecular formula is C39H44FN7O4. The van der Waals surface area contributed by atoms with Gasteiger partial charge in [0.1, 0.15) is 17.3 Å². The number of nitrogens with one attached hydrogen (secondary N) is 1. The second-order valence-electron chi connectivity index (χ2n) is 14.0. The van der Waals surface area contributed by atoms with Crippen LogP contribution in [0.2, 0.25) is 0 Å². The Hall–Kier alpha value is -4.94. The van der Waals surface area contributed by atoms with Crippen LogP contribution >= 0.6 is 0 Å². The van der Waals surface area contributed by atoms with Gasteiger partial charge in [0.05, 0.1) is 23.9 Å². The maximum atomic E-state index is 14.5. The summed E-state index contributed by atoms with van der Waals surface area (Å²) in [5.74, 6) is 0.0772. The summed E-state index contributed by atoms with van der Waals surface area (Å²) in [5.41, 5.74) is 2.85. The van der Waals surface area contributed by atoms with Crippen molar-refractivity contribution in [3.05, 3.63) is 111 Å². The number of aliphatic hydroxyl groups is 1. The van der Waals surface area contributed by atoms with Crippen molar-refractivity contribution in [3.8, 4) is 16.8 Å². The van der Waals surface area contributed by atoms with E-state index < -0.39 is 23.1 Å². The Morgan fingerprint density at radius 1 is 1.04 bits per heavy atom. The summed E-state index contributed by atoms with van der Waals surface area (Å²) in [5, 5.41) is 12.6. The van der Waals surface area contributed by atoms with Crippen molar-refractivity contribution in [2.75, 3.05) is 13.2 Å². The van der Waals surface area contributed by atoms with Crippen molar-refractivity contribution >= 4 is 16.9 Å². The van der Waals surface area contributed by atoms with Crippen LogP contribution in [0.4, 0.5) is 4.39 Å². The number of hydrogen-bond acceptors (Lipinski definition) is 7. The summed E-state index contributed by atoms with van der Waals surface area (Å²) >= 11 is 0. The van der Waals surface area contributed by atoms with E-state index in [4.69, 9.17) is 0 Å². The number of aliphatic hydroxyl groups excluding tert-OH is 1. The SMILES string of the molecule is CC(C)N(CCO)Cc1ccc(-c2cccc(-n3c(=O)n([C@H]4CC[C@@H](NC(=O)c5cn6c(n5)CCCC6)CC4)c(=O)c4cc(F)cnc43)c2)cc1. The molecule has 2 aliphatic rings. The van der Waals surface area contributed by atoms with E-state index in [1.807, 2.05) is 36.5 Å². The maximum Gasteiger partial charge on any atom is 0.337 e. The topological polar surface area (TPSA) is 127 Å². The van der Waals surface area contributed by atoms with Gasteiger partial charge in [-0.3, -0.25) is 19.1 Å². The molecule has 0 saturated heterocycles. The highest BCUT2D eigenvalue weighted by Gasteiger charge is 2.29. The molecule has 1 saturated carbocycles. The number of aryl methyl sites for hydroxylation is 2. The van der Waals surface area contributed by atoms with Crippen LogP contribution in [0.5, 0.6) is 0 Å². The number of fused-ring (bicyclic) bond motifs is 2. The van der Waals surface area contributed by atoms with Crippen molar-refractivity contribution in [2.24, 2.45) is 0 Å². The summed E-state index contributed by atoms with van der Waals surface area (Å²) in [6.45, 7) is 6.49. The number of benzene rings is 2. The van der Waals surface area contributed by atoms with E-state index in [1.165, 1.54) is 9.13 Å². The first-order valence-corrected chi connectivity index (χ1v) is 17.9. The van der Waals surface area contributed by atoms with Crippen molar-refractivity contribution in [1.82, 2.24) is 33.9 Å². The molecule has 1 fully saturated rings. The second-order valence-corrected chi connectivity index (χ2v) is 14.0. The van der Waals surface area contributed by atoms with Crippen LogP contribution < -0.4 is 16.6 Å². The van der Waals surface area contributed by atoms with E-state index in [0.717, 1.165) is 60.6 Å². The molecule has 3 aromatic heterocycles. The Kier molecular flexibility index (Phi) is 9.97. The normalized spacial score (nSPS) is 17.6. The fraction of sp³-hybridized carbons (Fsp3) is 0.410. The largest absolute Gasteiger partial charge is 0.395 e. The first-order chi connectivity index (χ1) is 24.7. The summed E-state index contributed by atoms with van der Waals surface area (Å²) in [6.07, 6.45) is 8.02. The van der Waals surface area contributed by atoms with E-state index in [0.29, 0.717) is 56.2 Å². The van der Waals surface area contributed by atoms with Gasteiger partial charge in [-0.1, -0.05) is 36.4 Å². The van der Waals surface area contributed by atoms with E-state index >= 15 is 0 Å². The molecule has 51 heavy (non-hydrogen) atoms. The zero-order valence-corrected chi connectivity index (χ0v) is 29.1. The number of pyridine rings is 1. The molecule has 7 rings (SSSR count). The standard InChI is InChI=1S/C39H44FN7O4/c1-25(2)44(18-19-48)23-26-9-11-27(12-10-26)28-6-5-7-32(20-28)46-36-33(21-29(40)22-41-36)38(50)47(39(46)51)31-15-13-30(14-16-31)42-37(49)34-24-45-17-4-3-8-35(45)43-34/h5-7,9-12,20-22,24-25,30-31,48H,3-4,8,13-19,23H2,1-2H3,(H,42,49)/t30-,31+. The zero-order valence-electron chi connectivity index (χ0n) is 29.1. The molecule has 1 aliphatic heterocycles. The Balaban J connectivity index is 1.15. The minimum Gasteiger partial charge on any atom is -0.395 e. The van der Waals surface area contributed by atoms with Crippen LogP contribution in [-0.2, 0) is 19.5 Å². The number of nitrogens with zero attached hydrogens (tertiary/aromatic N) is 6. The predicted molar refractivity (Wildman–Crippen MR) is 194 cm³/mol. The van der Waals surface area contributed by atoms with Gasteiger partial charge in [0.2, 0.25) is 0 Å². The number of hydrogen-bond donors (Lipinski definition) is 2. The van der Waals surface area contributed by atoms with Crippen LogP contribution in [-0.4, -0.2) is 64.8 Å². The molecule has 12 heteroatoms. The first-order valence-electron chi connectivity index (χ1n) is 17.9. The predicted octanol–water partition coefficient (Wildman–Crippen LogP) is 5.00. The smallest absolute Gasteiger partial charge is 0.337 e. The van der Waals surface area contributed by atoms with E-state index in [-0.39, 0.29) is 29.6 Å². The maximum absolute atomic E-state index is 14.5. The monoisotopic (exact) mass is 693 g/mol. The Bertz CT molecular complexity index is 2140. The molecule has 0 atom stereocenters. The van der Waals surface area contributed by atoms with Crippen LogP contribution in [0.15, 0.2) is 76.6 Å². The van der Waals surface area contributed by atoms with Gasteiger partial charge in [-0.2, -0.15) is 0 Å². The third-order valence-corrected chi connectivity index (χ3v) is 10.3. The molecule has 0 spiro atoms. The Labute approximate surface area is 295 Å². The summed E-state index contributed by atoms with van der Waals surface area (Å²) < 4.78 is 19.2. The van der Waals surface area contributed by atoms with Crippen LogP contribution in [0.1, 0.15) is 80.3 Å². The number of carbonyl (C=O) groups is 1. The molecule has 266 valence electrons. The van der Waals surface area contributed by atoms with Crippen molar-refractivity contribution in [3.63, 3.8) is 0 Å². The Morgan fingerprint density at radius 2 is 1.82 bits per heavy atom. The molecule has 0 unspecified atom stereocenters. The second kappa shape index (κ2) is 14.7. The molecule has 4 heterocycles. The lowest BCUT2D eigenvalue weighted by atomic mass is 9.90. The zero-order chi connectivity index (χ0) is 35.6. The quantitative estimate of drug-likeness (QED) is 0.211. The fourth-order valence-corrected chi connectivity index (χ4v) is 7.51. The lowest BCUT2D eigenvalue weighted by molar-refractivity contribution is 0.0917. The van der Waals surface area contributed by atoms with Gasteiger partial charge in [0.25, 0.3) is 11.5 Å². The van der Waals surface area contributed by atoms with Gasteiger partial charge in [-0.25, -0.2) is 23.7 Å². The van der Waals surface area contributed by atoms with Gasteiger partial charge in [0, 0.05) is 50.4 Å². The summed E-state index contributed by atoms with van der Waals surface area (Å²) in [7, 11) is 0. The number of aromatic nitrogens is 5. The van der Waals surface area contributed by atoms with Gasteiger partial charge in [0.15, 0.2) is 5.65 Å². The van der Waals surface area contributed by atoms with Gasteiger partial charge >= 0.3 is 5.69 Å². The van der Waals surface area contributed by atoms with E-state index in [2.05, 4.69) is 50.7 Å². The average Bonchev–Trinajstić information content (AvgIpc) is 3.58. The fourth-order valence-electron chi connectivity index (χ4n) is 7.51. The first kappa shape index (κ1) is 34.5. The highest BCUT2D eigenvalue weighted by atomic mass is 19.1. The van der Waals surface area contributed by atoms with E-state index in [1.54, 1.807) is 6.07 Å².